The number of hydrogen-bond donors (Lipinski definition) is 1. The van der Waals surface area contributed by atoms with Crippen molar-refractivity contribution < 1.29 is 13.3 Å². The predicted octanol–water partition coefficient (Wildman–Crippen LogP) is 2.99. The number of nitrogens with zero attached hydrogens (tertiary/aromatic N) is 2. The minimum Gasteiger partial charge on any atom is -0.258 e. The van der Waals surface area contributed by atoms with E-state index in [0.29, 0.717) is 10.6 Å². The predicted molar refractivity (Wildman–Crippen MR) is 91.5 cm³/mol. The lowest BCUT2D eigenvalue weighted by Crippen LogP contribution is -2.23. The summed E-state index contributed by atoms with van der Waals surface area (Å²) >= 11 is 1.40. The van der Waals surface area contributed by atoms with Gasteiger partial charge >= 0.3 is 0 Å². The van der Waals surface area contributed by atoms with Crippen LogP contribution in [0.3, 0.4) is 0 Å². The molecule has 3 aromatic rings. The van der Waals surface area contributed by atoms with Gasteiger partial charge in [0.15, 0.2) is 0 Å². The molecule has 124 valence electrons. The normalized spacial score (nSPS) is 11.7. The molecule has 3 rings (SSSR count). The van der Waals surface area contributed by atoms with Crippen molar-refractivity contribution in [3.8, 4) is 0 Å². The van der Waals surface area contributed by atoms with Crippen LogP contribution in [0.4, 0.5) is 5.69 Å². The van der Waals surface area contributed by atoms with Gasteiger partial charge in [0.05, 0.1) is 26.6 Å². The van der Waals surface area contributed by atoms with Crippen LogP contribution < -0.4 is 4.72 Å². The first-order valence-electron chi connectivity index (χ1n) is 6.96. The Balaban J connectivity index is 1.83. The summed E-state index contributed by atoms with van der Waals surface area (Å²) in [4.78, 5) is 14.6. The van der Waals surface area contributed by atoms with Gasteiger partial charge in [0.1, 0.15) is 5.01 Å². The molecule has 0 spiro atoms. The molecule has 1 aromatic heterocycles. The smallest absolute Gasteiger partial charge is 0.258 e. The Morgan fingerprint density at radius 1 is 1.25 bits per heavy atom. The first kappa shape index (κ1) is 16.5. The van der Waals surface area contributed by atoms with Crippen LogP contribution in [-0.2, 0) is 16.6 Å². The van der Waals surface area contributed by atoms with Gasteiger partial charge in [-0.05, 0) is 25.1 Å². The number of aromatic nitrogens is 1. The largest absolute Gasteiger partial charge is 0.273 e. The molecule has 0 bridgehead atoms. The fourth-order valence-corrected chi connectivity index (χ4v) is 4.19. The second-order valence-corrected chi connectivity index (χ2v) is 7.99. The van der Waals surface area contributed by atoms with Crippen LogP contribution >= 0.6 is 11.3 Å². The van der Waals surface area contributed by atoms with Crippen LogP contribution in [0.25, 0.3) is 10.2 Å². The number of nitro benzene ring substituents is 1. The lowest BCUT2D eigenvalue weighted by molar-refractivity contribution is -0.385. The summed E-state index contributed by atoms with van der Waals surface area (Å²) in [5, 5.41) is 11.6. The van der Waals surface area contributed by atoms with Gasteiger partial charge in [0.25, 0.3) is 5.69 Å². The van der Waals surface area contributed by atoms with Gasteiger partial charge < -0.3 is 0 Å². The van der Waals surface area contributed by atoms with Gasteiger partial charge in [0, 0.05) is 11.6 Å². The molecule has 9 heteroatoms. The summed E-state index contributed by atoms with van der Waals surface area (Å²) in [7, 11) is -3.86. The molecule has 0 amide bonds. The topological polar surface area (TPSA) is 102 Å². The number of thiazole rings is 1. The van der Waals surface area contributed by atoms with E-state index in [9.17, 15) is 18.5 Å². The first-order chi connectivity index (χ1) is 11.4. The van der Waals surface area contributed by atoms with Gasteiger partial charge in [-0.2, -0.15) is 0 Å². The zero-order valence-corrected chi connectivity index (χ0v) is 14.2. The van der Waals surface area contributed by atoms with Crippen molar-refractivity contribution in [3.63, 3.8) is 0 Å². The highest BCUT2D eigenvalue weighted by atomic mass is 32.2. The molecule has 24 heavy (non-hydrogen) atoms. The van der Waals surface area contributed by atoms with Crippen molar-refractivity contribution in [2.45, 2.75) is 18.4 Å². The monoisotopic (exact) mass is 363 g/mol. The number of fused-ring (bicyclic) bond motifs is 1. The maximum absolute atomic E-state index is 12.3. The van der Waals surface area contributed by atoms with Crippen LogP contribution in [0.2, 0.25) is 0 Å². The molecule has 1 N–H and O–H groups in total. The molecule has 0 aliphatic heterocycles. The third-order valence-corrected chi connectivity index (χ3v) is 5.87. The summed E-state index contributed by atoms with van der Waals surface area (Å²) in [5.74, 6) is 0. The van der Waals surface area contributed by atoms with Gasteiger partial charge in [-0.3, -0.25) is 10.1 Å². The Labute approximate surface area is 142 Å². The second kappa shape index (κ2) is 6.27. The summed E-state index contributed by atoms with van der Waals surface area (Å²) in [6.07, 6.45) is 0. The first-order valence-corrected chi connectivity index (χ1v) is 9.26. The minimum absolute atomic E-state index is 0.0311. The number of aryl methyl sites for hydroxylation is 1. The highest BCUT2D eigenvalue weighted by Crippen LogP contribution is 2.24. The Morgan fingerprint density at radius 3 is 2.71 bits per heavy atom. The fourth-order valence-electron chi connectivity index (χ4n) is 2.19. The molecule has 1 heterocycles. The van der Waals surface area contributed by atoms with Gasteiger partial charge in [-0.1, -0.05) is 18.2 Å². The third kappa shape index (κ3) is 3.28. The molecule has 0 radical (unpaired) electrons. The van der Waals surface area contributed by atoms with Crippen molar-refractivity contribution >= 4 is 37.3 Å². The van der Waals surface area contributed by atoms with E-state index in [4.69, 9.17) is 0 Å². The zero-order valence-electron chi connectivity index (χ0n) is 12.6. The molecular weight excluding hydrogens is 350 g/mol. The quantitative estimate of drug-likeness (QED) is 0.554. The zero-order chi connectivity index (χ0) is 17.3. The Hall–Kier alpha value is -2.36. The highest BCUT2D eigenvalue weighted by molar-refractivity contribution is 7.89. The van der Waals surface area contributed by atoms with Crippen LogP contribution in [-0.4, -0.2) is 18.3 Å². The molecule has 0 saturated carbocycles. The van der Waals surface area contributed by atoms with E-state index in [1.807, 2.05) is 24.3 Å². The second-order valence-electron chi connectivity index (χ2n) is 5.11. The van der Waals surface area contributed by atoms with Gasteiger partial charge in [-0.15, -0.1) is 11.3 Å². The van der Waals surface area contributed by atoms with E-state index in [-0.39, 0.29) is 17.1 Å². The van der Waals surface area contributed by atoms with Crippen LogP contribution in [0, 0.1) is 17.0 Å². The number of para-hydroxylation sites is 1. The molecule has 0 unspecified atom stereocenters. The average molecular weight is 363 g/mol. The third-order valence-electron chi connectivity index (χ3n) is 3.44. The van der Waals surface area contributed by atoms with E-state index >= 15 is 0 Å². The SMILES string of the molecule is Cc1ccc(S(=O)(=O)NCc2nc3ccccc3s2)cc1[N+](=O)[O-]. The molecule has 0 aliphatic carbocycles. The maximum Gasteiger partial charge on any atom is 0.273 e. The lowest BCUT2D eigenvalue weighted by Gasteiger charge is -2.06. The summed E-state index contributed by atoms with van der Waals surface area (Å²) < 4.78 is 28.1. The number of nitro groups is 1. The van der Waals surface area contributed by atoms with E-state index in [2.05, 4.69) is 9.71 Å². The summed E-state index contributed by atoms with van der Waals surface area (Å²) in [6.45, 7) is 1.59. The fraction of sp³-hybridized carbons (Fsp3) is 0.133. The molecule has 2 aromatic carbocycles. The van der Waals surface area contributed by atoms with Crippen molar-refractivity contribution in [3.05, 3.63) is 63.1 Å². The number of rotatable bonds is 5. The maximum atomic E-state index is 12.3. The van der Waals surface area contributed by atoms with Crippen molar-refractivity contribution in [2.75, 3.05) is 0 Å². The average Bonchev–Trinajstić information content (AvgIpc) is 2.96. The van der Waals surface area contributed by atoms with E-state index in [1.165, 1.54) is 23.5 Å². The summed E-state index contributed by atoms with van der Waals surface area (Å²) in [5.41, 5.74) is 0.991. The van der Waals surface area contributed by atoms with Gasteiger partial charge in [-0.25, -0.2) is 18.1 Å². The molecule has 0 fully saturated rings. The molecule has 7 nitrogen and oxygen atoms in total. The number of nitrogens with one attached hydrogen (secondary N) is 1. The molecule has 0 saturated heterocycles. The number of hydrogen-bond acceptors (Lipinski definition) is 6. The van der Waals surface area contributed by atoms with Crippen LogP contribution in [0.5, 0.6) is 0 Å². The van der Waals surface area contributed by atoms with Crippen LogP contribution in [0.1, 0.15) is 10.6 Å². The Bertz CT molecular complexity index is 995. The van der Waals surface area contributed by atoms with Crippen molar-refractivity contribution in [1.29, 1.82) is 0 Å². The molecular formula is C15H13N3O4S2. The minimum atomic E-state index is -3.86. The number of sulfonamides is 1. The van der Waals surface area contributed by atoms with E-state index in [1.54, 1.807) is 6.92 Å². The van der Waals surface area contributed by atoms with Crippen molar-refractivity contribution in [2.24, 2.45) is 0 Å². The Kier molecular flexibility index (Phi) is 4.31. The Morgan fingerprint density at radius 2 is 2.00 bits per heavy atom. The molecule has 0 aliphatic rings. The van der Waals surface area contributed by atoms with E-state index in [0.717, 1.165) is 16.3 Å². The lowest BCUT2D eigenvalue weighted by atomic mass is 10.2. The summed E-state index contributed by atoms with van der Waals surface area (Å²) in [6, 6.07) is 11.4. The van der Waals surface area contributed by atoms with E-state index < -0.39 is 14.9 Å². The molecule has 0 atom stereocenters. The number of benzene rings is 2. The van der Waals surface area contributed by atoms with Crippen molar-refractivity contribution in [1.82, 2.24) is 9.71 Å². The van der Waals surface area contributed by atoms with Crippen LogP contribution in [0.15, 0.2) is 47.4 Å². The highest BCUT2D eigenvalue weighted by Gasteiger charge is 2.20. The van der Waals surface area contributed by atoms with Gasteiger partial charge in [0.2, 0.25) is 10.0 Å². The standard InChI is InChI=1S/C15H13N3O4S2/c1-10-6-7-11(8-13(10)18(19)20)24(21,22)16-9-15-17-12-4-2-3-5-14(12)23-15/h2-8,16H,9H2,1H3.